The van der Waals surface area contributed by atoms with Crippen molar-refractivity contribution in [1.29, 1.82) is 0 Å². The van der Waals surface area contributed by atoms with Gasteiger partial charge in [-0.3, -0.25) is 4.79 Å². The van der Waals surface area contributed by atoms with E-state index in [2.05, 4.69) is 6.92 Å². The fraction of sp³-hybridized carbons (Fsp3) is 0.500. The van der Waals surface area contributed by atoms with E-state index in [9.17, 15) is 4.79 Å². The summed E-state index contributed by atoms with van der Waals surface area (Å²) in [5.41, 5.74) is 6.39. The van der Waals surface area contributed by atoms with Gasteiger partial charge in [0.05, 0.1) is 5.56 Å². The van der Waals surface area contributed by atoms with E-state index in [0.29, 0.717) is 17.5 Å². The van der Waals surface area contributed by atoms with Crippen LogP contribution in [-0.4, -0.2) is 36.2 Å². The maximum atomic E-state index is 12.6. The van der Waals surface area contributed by atoms with Crippen LogP contribution in [0.25, 0.3) is 0 Å². The van der Waals surface area contributed by atoms with Crippen LogP contribution in [0.4, 0.5) is 0 Å². The van der Waals surface area contributed by atoms with Crippen molar-refractivity contribution in [2.24, 2.45) is 11.7 Å². The molecule has 1 fully saturated rings. The molecule has 1 aromatic rings. The third-order valence-corrected chi connectivity index (χ3v) is 4.57. The summed E-state index contributed by atoms with van der Waals surface area (Å²) >= 11 is 7.70. The zero-order chi connectivity index (χ0) is 13.8. The molecule has 1 unspecified atom stereocenters. The lowest BCUT2D eigenvalue weighted by atomic mass is 10.1. The molecule has 1 atom stereocenters. The van der Waals surface area contributed by atoms with Crippen molar-refractivity contribution in [2.45, 2.75) is 18.2 Å². The minimum Gasteiger partial charge on any atom is -0.338 e. The van der Waals surface area contributed by atoms with Gasteiger partial charge in [-0.05, 0) is 42.8 Å². The van der Waals surface area contributed by atoms with Crippen molar-refractivity contribution in [3.63, 3.8) is 0 Å². The molecular formula is C14H19ClN2OS. The van der Waals surface area contributed by atoms with Gasteiger partial charge in [-0.25, -0.2) is 0 Å². The number of nitrogens with zero attached hydrogens (tertiary/aromatic N) is 1. The maximum Gasteiger partial charge on any atom is 0.255 e. The van der Waals surface area contributed by atoms with Gasteiger partial charge in [-0.15, -0.1) is 11.8 Å². The van der Waals surface area contributed by atoms with E-state index >= 15 is 0 Å². The predicted octanol–water partition coefficient (Wildman–Crippen LogP) is 2.87. The number of rotatable bonds is 4. The average Bonchev–Trinajstić information content (AvgIpc) is 2.89. The molecule has 1 aliphatic rings. The first-order chi connectivity index (χ1) is 9.15. The Kier molecular flexibility index (Phi) is 5.13. The van der Waals surface area contributed by atoms with Crippen LogP contribution in [0.15, 0.2) is 23.1 Å². The number of carbonyl (C=O) groups excluding carboxylic acids is 1. The average molecular weight is 299 g/mol. The third-order valence-electron chi connectivity index (χ3n) is 3.38. The van der Waals surface area contributed by atoms with Crippen molar-refractivity contribution in [3.05, 3.63) is 28.8 Å². The normalized spacial score (nSPS) is 18.9. The fourth-order valence-corrected chi connectivity index (χ4v) is 3.28. The molecule has 2 N–H and O–H groups in total. The molecule has 0 bridgehead atoms. The number of nitrogens with two attached hydrogens (primary N) is 1. The number of likely N-dealkylation sites (tertiary alicyclic amines) is 1. The summed E-state index contributed by atoms with van der Waals surface area (Å²) in [4.78, 5) is 15.5. The highest BCUT2D eigenvalue weighted by molar-refractivity contribution is 7.99. The largest absolute Gasteiger partial charge is 0.338 e. The van der Waals surface area contributed by atoms with Crippen LogP contribution in [0.5, 0.6) is 0 Å². The van der Waals surface area contributed by atoms with Crippen molar-refractivity contribution in [3.8, 4) is 0 Å². The molecule has 2 rings (SSSR count). The van der Waals surface area contributed by atoms with Crippen LogP contribution in [0.2, 0.25) is 5.02 Å². The van der Waals surface area contributed by atoms with Crippen molar-refractivity contribution in [1.82, 2.24) is 4.90 Å². The molecule has 1 saturated heterocycles. The van der Waals surface area contributed by atoms with Gasteiger partial charge in [-0.1, -0.05) is 18.5 Å². The molecule has 1 aromatic carbocycles. The van der Waals surface area contributed by atoms with Crippen molar-refractivity contribution in [2.75, 3.05) is 25.4 Å². The molecule has 1 heterocycles. The van der Waals surface area contributed by atoms with Gasteiger partial charge in [0.15, 0.2) is 0 Å². The van der Waals surface area contributed by atoms with Gasteiger partial charge < -0.3 is 10.6 Å². The van der Waals surface area contributed by atoms with E-state index in [1.807, 2.05) is 17.0 Å². The Hall–Kier alpha value is -0.710. The first-order valence-corrected chi connectivity index (χ1v) is 7.93. The van der Waals surface area contributed by atoms with Gasteiger partial charge in [0.25, 0.3) is 5.91 Å². The molecular weight excluding hydrogens is 280 g/mol. The summed E-state index contributed by atoms with van der Waals surface area (Å²) < 4.78 is 0. The smallest absolute Gasteiger partial charge is 0.255 e. The molecule has 0 radical (unpaired) electrons. The van der Waals surface area contributed by atoms with E-state index in [1.165, 1.54) is 0 Å². The van der Waals surface area contributed by atoms with Crippen molar-refractivity contribution < 1.29 is 4.79 Å². The molecule has 104 valence electrons. The fourth-order valence-electron chi connectivity index (χ4n) is 2.33. The zero-order valence-corrected chi connectivity index (χ0v) is 12.6. The van der Waals surface area contributed by atoms with Crippen LogP contribution in [0.1, 0.15) is 23.7 Å². The lowest BCUT2D eigenvalue weighted by molar-refractivity contribution is 0.0784. The summed E-state index contributed by atoms with van der Waals surface area (Å²) in [5.74, 6) is 1.45. The molecule has 1 amide bonds. The lowest BCUT2D eigenvalue weighted by Crippen LogP contribution is -2.30. The molecule has 0 saturated carbocycles. The van der Waals surface area contributed by atoms with Crippen LogP contribution in [0.3, 0.4) is 0 Å². The number of hydrogen-bond acceptors (Lipinski definition) is 3. The Labute approximate surface area is 123 Å². The summed E-state index contributed by atoms with van der Waals surface area (Å²) in [6.07, 6.45) is 0.999. The highest BCUT2D eigenvalue weighted by Gasteiger charge is 2.27. The van der Waals surface area contributed by atoms with Gasteiger partial charge >= 0.3 is 0 Å². The summed E-state index contributed by atoms with van der Waals surface area (Å²) in [7, 11) is 0. The number of thioether (sulfide) groups is 1. The highest BCUT2D eigenvalue weighted by Crippen LogP contribution is 2.28. The van der Waals surface area contributed by atoms with Crippen molar-refractivity contribution >= 4 is 29.3 Å². The van der Waals surface area contributed by atoms with Gasteiger partial charge in [0, 0.05) is 23.0 Å². The second-order valence-electron chi connectivity index (χ2n) is 4.72. The Bertz CT molecular complexity index is 467. The Morgan fingerprint density at radius 1 is 1.58 bits per heavy atom. The van der Waals surface area contributed by atoms with E-state index < -0.39 is 0 Å². The zero-order valence-electron chi connectivity index (χ0n) is 11.1. The molecule has 19 heavy (non-hydrogen) atoms. The topological polar surface area (TPSA) is 46.3 Å². The summed E-state index contributed by atoms with van der Waals surface area (Å²) in [5, 5.41) is 0.610. The maximum absolute atomic E-state index is 12.6. The molecule has 0 spiro atoms. The van der Waals surface area contributed by atoms with Gasteiger partial charge in [0.2, 0.25) is 0 Å². The predicted molar refractivity (Wildman–Crippen MR) is 80.9 cm³/mol. The molecule has 3 nitrogen and oxygen atoms in total. The number of amides is 1. The lowest BCUT2D eigenvalue weighted by Gasteiger charge is -2.18. The minimum absolute atomic E-state index is 0.0781. The first-order valence-electron chi connectivity index (χ1n) is 6.57. The molecule has 1 aliphatic heterocycles. The Balaban J connectivity index is 2.20. The molecule has 0 aliphatic carbocycles. The number of halogens is 1. The van der Waals surface area contributed by atoms with Gasteiger partial charge in [0.1, 0.15) is 0 Å². The second kappa shape index (κ2) is 6.64. The minimum atomic E-state index is 0.0781. The summed E-state index contributed by atoms with van der Waals surface area (Å²) in [6.45, 7) is 4.28. The van der Waals surface area contributed by atoms with Crippen LogP contribution in [-0.2, 0) is 0 Å². The first kappa shape index (κ1) is 14.7. The SMILES string of the molecule is CCSc1ccc(Cl)cc1C(=O)N1CCC(CN)C1. The quantitative estimate of drug-likeness (QED) is 0.870. The second-order valence-corrected chi connectivity index (χ2v) is 6.46. The van der Waals surface area contributed by atoms with Crippen LogP contribution < -0.4 is 5.73 Å². The van der Waals surface area contributed by atoms with E-state index in [1.54, 1.807) is 17.8 Å². The number of hydrogen-bond donors (Lipinski definition) is 1. The Morgan fingerprint density at radius 3 is 3.00 bits per heavy atom. The van der Waals surface area contributed by atoms with E-state index in [-0.39, 0.29) is 5.91 Å². The molecule has 0 aromatic heterocycles. The third kappa shape index (κ3) is 3.44. The molecule has 5 heteroatoms. The van der Waals surface area contributed by atoms with E-state index in [0.717, 1.165) is 35.7 Å². The monoisotopic (exact) mass is 298 g/mol. The number of benzene rings is 1. The van der Waals surface area contributed by atoms with E-state index in [4.69, 9.17) is 17.3 Å². The van der Waals surface area contributed by atoms with Crippen LogP contribution in [0, 0.1) is 5.92 Å². The Morgan fingerprint density at radius 2 is 2.37 bits per heavy atom. The van der Waals surface area contributed by atoms with Crippen LogP contribution >= 0.6 is 23.4 Å². The van der Waals surface area contributed by atoms with Gasteiger partial charge in [-0.2, -0.15) is 0 Å². The highest BCUT2D eigenvalue weighted by atomic mass is 35.5. The standard InChI is InChI=1S/C14H19ClN2OS/c1-2-19-13-4-3-11(15)7-12(13)14(18)17-6-5-10(8-16)9-17/h3-4,7,10H,2,5-6,8-9,16H2,1H3. The number of carbonyl (C=O) groups is 1. The summed E-state index contributed by atoms with van der Waals surface area (Å²) in [6, 6.07) is 5.54.